The van der Waals surface area contributed by atoms with Crippen LogP contribution in [0.4, 0.5) is 4.79 Å². The van der Waals surface area contributed by atoms with E-state index in [0.717, 1.165) is 11.3 Å². The summed E-state index contributed by atoms with van der Waals surface area (Å²) in [6, 6.07) is 7.17. The van der Waals surface area contributed by atoms with Gasteiger partial charge in [0.15, 0.2) is 0 Å². The average molecular weight is 307 g/mol. The molecule has 0 saturated carbocycles. The summed E-state index contributed by atoms with van der Waals surface area (Å²) in [7, 11) is 1.60. The van der Waals surface area contributed by atoms with Gasteiger partial charge in [-0.2, -0.15) is 0 Å². The van der Waals surface area contributed by atoms with Gasteiger partial charge in [0.05, 0.1) is 19.8 Å². The second kappa shape index (κ2) is 7.26. The third kappa shape index (κ3) is 3.76. The van der Waals surface area contributed by atoms with Crippen LogP contribution in [0.2, 0.25) is 0 Å². The van der Waals surface area contributed by atoms with E-state index in [1.54, 1.807) is 7.11 Å². The molecular weight excluding hydrogens is 286 g/mol. The van der Waals surface area contributed by atoms with E-state index in [-0.39, 0.29) is 31.1 Å². The summed E-state index contributed by atoms with van der Waals surface area (Å²) in [6.45, 7) is 4.30. The summed E-state index contributed by atoms with van der Waals surface area (Å²) >= 11 is 0. The number of hydrogen-bond acceptors (Lipinski definition) is 5. The standard InChI is InChI=1S/C16H21NO5/c1-11(2)14-9-22-16(19)17(14)15(18)10-21-8-12-4-6-13(20-3)7-5-12/h4-7,11,14H,8-10H2,1-3H3/t14-/m0/s1. The number of nitrogens with zero attached hydrogens (tertiary/aromatic N) is 1. The minimum atomic E-state index is -0.586. The Morgan fingerprint density at radius 3 is 2.64 bits per heavy atom. The zero-order chi connectivity index (χ0) is 16.1. The molecule has 1 aliphatic rings. The van der Waals surface area contributed by atoms with Crippen molar-refractivity contribution in [1.82, 2.24) is 4.90 Å². The molecule has 6 nitrogen and oxygen atoms in total. The second-order valence-electron chi connectivity index (χ2n) is 5.49. The van der Waals surface area contributed by atoms with E-state index in [9.17, 15) is 9.59 Å². The number of imide groups is 1. The molecule has 0 aromatic heterocycles. The minimum absolute atomic E-state index is 0.148. The summed E-state index contributed by atoms with van der Waals surface area (Å²) in [5.74, 6) is 0.547. The highest BCUT2D eigenvalue weighted by Crippen LogP contribution is 2.20. The van der Waals surface area contributed by atoms with Gasteiger partial charge in [0.25, 0.3) is 5.91 Å². The number of amides is 2. The van der Waals surface area contributed by atoms with Gasteiger partial charge in [-0.25, -0.2) is 9.69 Å². The van der Waals surface area contributed by atoms with Gasteiger partial charge in [-0.1, -0.05) is 26.0 Å². The van der Waals surface area contributed by atoms with Crippen LogP contribution in [0, 0.1) is 5.92 Å². The lowest BCUT2D eigenvalue weighted by molar-refractivity contribution is -0.135. The van der Waals surface area contributed by atoms with Gasteiger partial charge in [0.1, 0.15) is 19.0 Å². The quantitative estimate of drug-likeness (QED) is 0.806. The van der Waals surface area contributed by atoms with E-state index in [0.29, 0.717) is 6.61 Å². The lowest BCUT2D eigenvalue weighted by atomic mass is 10.0. The normalized spacial score (nSPS) is 17.7. The lowest BCUT2D eigenvalue weighted by Gasteiger charge is -2.22. The molecule has 1 heterocycles. The fourth-order valence-electron chi connectivity index (χ4n) is 2.26. The molecule has 1 atom stereocenters. The maximum Gasteiger partial charge on any atom is 0.417 e. The first-order valence-electron chi connectivity index (χ1n) is 7.22. The first kappa shape index (κ1) is 16.3. The molecule has 0 aliphatic carbocycles. The number of carbonyl (C=O) groups is 2. The Hall–Kier alpha value is -2.08. The number of rotatable bonds is 6. The molecular formula is C16H21NO5. The van der Waals surface area contributed by atoms with E-state index < -0.39 is 6.09 Å². The van der Waals surface area contributed by atoms with Crippen LogP contribution in [0.5, 0.6) is 5.75 Å². The lowest BCUT2D eigenvalue weighted by Crippen LogP contribution is -2.43. The van der Waals surface area contributed by atoms with Crippen molar-refractivity contribution >= 4 is 12.0 Å². The molecule has 6 heteroatoms. The van der Waals surface area contributed by atoms with E-state index in [4.69, 9.17) is 14.2 Å². The predicted molar refractivity (Wildman–Crippen MR) is 79.5 cm³/mol. The van der Waals surface area contributed by atoms with E-state index in [1.165, 1.54) is 4.90 Å². The number of cyclic esters (lactones) is 1. The Morgan fingerprint density at radius 1 is 1.36 bits per heavy atom. The van der Waals surface area contributed by atoms with Gasteiger partial charge in [0.2, 0.25) is 0 Å². The van der Waals surface area contributed by atoms with Crippen molar-refractivity contribution in [3.8, 4) is 5.75 Å². The number of carbonyl (C=O) groups excluding carboxylic acids is 2. The Kier molecular flexibility index (Phi) is 5.38. The molecule has 120 valence electrons. The number of ether oxygens (including phenoxy) is 3. The van der Waals surface area contributed by atoms with Crippen LogP contribution in [0.3, 0.4) is 0 Å². The summed E-state index contributed by atoms with van der Waals surface area (Å²) < 4.78 is 15.4. The fourth-order valence-corrected chi connectivity index (χ4v) is 2.26. The summed E-state index contributed by atoms with van der Waals surface area (Å²) in [5, 5.41) is 0. The Balaban J connectivity index is 1.85. The molecule has 2 rings (SSSR count). The third-order valence-electron chi connectivity index (χ3n) is 3.60. The van der Waals surface area contributed by atoms with Gasteiger partial charge in [0, 0.05) is 0 Å². The summed E-state index contributed by atoms with van der Waals surface area (Å²) in [4.78, 5) is 25.0. The average Bonchev–Trinajstić information content (AvgIpc) is 2.90. The predicted octanol–water partition coefficient (Wildman–Crippen LogP) is 2.22. The molecule has 1 fully saturated rings. The molecule has 0 N–H and O–H groups in total. The molecule has 1 saturated heterocycles. The Bertz CT molecular complexity index is 526. The van der Waals surface area contributed by atoms with Crippen molar-refractivity contribution in [1.29, 1.82) is 0 Å². The van der Waals surface area contributed by atoms with Crippen molar-refractivity contribution in [2.75, 3.05) is 20.3 Å². The molecule has 22 heavy (non-hydrogen) atoms. The minimum Gasteiger partial charge on any atom is -0.497 e. The molecule has 0 radical (unpaired) electrons. The number of benzene rings is 1. The highest BCUT2D eigenvalue weighted by molar-refractivity contribution is 5.94. The van der Waals surface area contributed by atoms with Crippen molar-refractivity contribution in [3.05, 3.63) is 29.8 Å². The number of hydrogen-bond donors (Lipinski definition) is 0. The zero-order valence-electron chi connectivity index (χ0n) is 13.1. The van der Waals surface area contributed by atoms with Gasteiger partial charge >= 0.3 is 6.09 Å². The highest BCUT2D eigenvalue weighted by atomic mass is 16.6. The molecule has 0 spiro atoms. The molecule has 1 aromatic carbocycles. The van der Waals surface area contributed by atoms with Crippen LogP contribution in [-0.4, -0.2) is 43.3 Å². The van der Waals surface area contributed by atoms with Crippen molar-refractivity contribution < 1.29 is 23.8 Å². The van der Waals surface area contributed by atoms with Crippen LogP contribution in [-0.2, 0) is 20.9 Å². The molecule has 0 bridgehead atoms. The number of methoxy groups -OCH3 is 1. The monoisotopic (exact) mass is 307 g/mol. The Labute approximate surface area is 129 Å². The van der Waals surface area contributed by atoms with E-state index >= 15 is 0 Å². The molecule has 0 unspecified atom stereocenters. The first-order chi connectivity index (χ1) is 10.5. The van der Waals surface area contributed by atoms with Crippen LogP contribution in [0.1, 0.15) is 19.4 Å². The topological polar surface area (TPSA) is 65.1 Å². The van der Waals surface area contributed by atoms with Crippen molar-refractivity contribution in [2.45, 2.75) is 26.5 Å². The van der Waals surface area contributed by atoms with Gasteiger partial charge in [-0.15, -0.1) is 0 Å². The maximum absolute atomic E-state index is 12.1. The van der Waals surface area contributed by atoms with Gasteiger partial charge in [-0.3, -0.25) is 4.79 Å². The second-order valence-corrected chi connectivity index (χ2v) is 5.49. The molecule has 1 aliphatic heterocycles. The first-order valence-corrected chi connectivity index (χ1v) is 7.22. The van der Waals surface area contributed by atoms with Crippen LogP contribution in [0.15, 0.2) is 24.3 Å². The summed E-state index contributed by atoms with van der Waals surface area (Å²) in [6.07, 6.45) is -0.586. The van der Waals surface area contributed by atoms with Crippen LogP contribution >= 0.6 is 0 Å². The smallest absolute Gasteiger partial charge is 0.417 e. The van der Waals surface area contributed by atoms with Crippen molar-refractivity contribution in [3.63, 3.8) is 0 Å². The van der Waals surface area contributed by atoms with E-state index in [2.05, 4.69) is 0 Å². The van der Waals surface area contributed by atoms with Crippen LogP contribution < -0.4 is 4.74 Å². The fraction of sp³-hybridized carbons (Fsp3) is 0.500. The maximum atomic E-state index is 12.1. The van der Waals surface area contributed by atoms with Gasteiger partial charge in [-0.05, 0) is 23.6 Å². The van der Waals surface area contributed by atoms with Gasteiger partial charge < -0.3 is 14.2 Å². The molecule has 2 amide bonds. The zero-order valence-corrected chi connectivity index (χ0v) is 13.1. The molecule has 1 aromatic rings. The SMILES string of the molecule is COc1ccc(COCC(=O)N2C(=O)OC[C@H]2C(C)C)cc1. The van der Waals surface area contributed by atoms with Crippen LogP contribution in [0.25, 0.3) is 0 Å². The highest BCUT2D eigenvalue weighted by Gasteiger charge is 2.39. The third-order valence-corrected chi connectivity index (χ3v) is 3.60. The Morgan fingerprint density at radius 2 is 2.05 bits per heavy atom. The van der Waals surface area contributed by atoms with E-state index in [1.807, 2.05) is 38.1 Å². The van der Waals surface area contributed by atoms with Crippen molar-refractivity contribution in [2.24, 2.45) is 5.92 Å². The largest absolute Gasteiger partial charge is 0.497 e. The summed E-state index contributed by atoms with van der Waals surface area (Å²) in [5.41, 5.74) is 0.929.